The minimum absolute atomic E-state index is 0. The van der Waals surface area contributed by atoms with Crippen LogP contribution in [0.2, 0.25) is 0 Å². The molecule has 0 saturated heterocycles. The van der Waals surface area contributed by atoms with Gasteiger partial charge >= 0.3 is 20.1 Å². The summed E-state index contributed by atoms with van der Waals surface area (Å²) in [5.41, 5.74) is 3.29. The number of rotatable bonds is 12. The van der Waals surface area contributed by atoms with Gasteiger partial charge in [-0.25, -0.2) is 0 Å². The molecule has 0 fully saturated rings. The fourth-order valence-corrected chi connectivity index (χ4v) is 6.91. The van der Waals surface area contributed by atoms with Crippen molar-refractivity contribution >= 4 is 21.9 Å². The minimum atomic E-state index is -3.13. The number of aryl methyl sites for hydroxylation is 9. The van der Waals surface area contributed by atoms with Gasteiger partial charge < -0.3 is 19.4 Å². The Morgan fingerprint density at radius 2 is 1.11 bits per heavy atom. The zero-order chi connectivity index (χ0) is 51.8. The van der Waals surface area contributed by atoms with Crippen molar-refractivity contribution in [3.8, 4) is 39.8 Å². The smallest absolute Gasteiger partial charge is 0.500 e. The van der Waals surface area contributed by atoms with E-state index in [0.717, 1.165) is 35.2 Å². The number of aromatic nitrogens is 3. The number of furan rings is 1. The van der Waals surface area contributed by atoms with Gasteiger partial charge in [-0.1, -0.05) is 70.6 Å². The molecule has 0 bridgehead atoms. The van der Waals surface area contributed by atoms with Crippen molar-refractivity contribution in [2.24, 2.45) is 0 Å². The Morgan fingerprint density at radius 3 is 1.64 bits per heavy atom. The number of nitriles is 1. The van der Waals surface area contributed by atoms with E-state index in [2.05, 4.69) is 39.2 Å². The van der Waals surface area contributed by atoms with E-state index < -0.39 is 54.9 Å². The predicted octanol–water partition coefficient (Wildman–Crippen LogP) is 12.3. The summed E-state index contributed by atoms with van der Waals surface area (Å²) in [6.07, 6.45) is -14.6. The van der Waals surface area contributed by atoms with Crippen LogP contribution in [-0.4, -0.2) is 15.0 Å². The molecule has 4 aromatic heterocycles. The monoisotopic (exact) mass is 980 g/mol. The molecule has 0 amide bonds. The number of hydrogen-bond acceptors (Lipinski definition) is 5. The summed E-state index contributed by atoms with van der Waals surface area (Å²) in [4.78, 5) is 13.4. The van der Waals surface area contributed by atoms with Crippen LogP contribution in [0.25, 0.3) is 55.7 Å². The van der Waals surface area contributed by atoms with Gasteiger partial charge in [0.15, 0.2) is 0 Å². The van der Waals surface area contributed by atoms with Crippen LogP contribution >= 0.6 is 0 Å². The number of fused-ring (bicyclic) bond motifs is 3. The molecule has 0 unspecified atom stereocenters. The second kappa shape index (κ2) is 18.4. The number of nitrogens with zero attached hydrogens (tertiary/aromatic N) is 4. The predicted molar refractivity (Wildman–Crippen MR) is 240 cm³/mol. The van der Waals surface area contributed by atoms with Gasteiger partial charge in [-0.3, -0.25) is 0 Å². The second-order valence-electron chi connectivity index (χ2n) is 14.2. The van der Waals surface area contributed by atoms with Gasteiger partial charge in [0.2, 0.25) is 0 Å². The minimum Gasteiger partial charge on any atom is -0.500 e. The first-order valence-corrected chi connectivity index (χ1v) is 19.2. The largest absolute Gasteiger partial charge is 3.00 e. The molecular formula is C55H43IrN4O. The Morgan fingerprint density at radius 1 is 0.557 bits per heavy atom. The van der Waals surface area contributed by atoms with Gasteiger partial charge in [-0.05, 0) is 116 Å². The van der Waals surface area contributed by atoms with Crippen LogP contribution in [0, 0.1) is 50.3 Å². The van der Waals surface area contributed by atoms with Crippen LogP contribution < -0.4 is 0 Å². The molecule has 4 heterocycles. The maximum Gasteiger partial charge on any atom is 3.00 e. The van der Waals surface area contributed by atoms with Crippen molar-refractivity contribution in [2.75, 3.05) is 0 Å². The molecule has 0 N–H and O–H groups in total. The quantitative estimate of drug-likeness (QED) is 0.114. The molecule has 0 aliphatic heterocycles. The summed E-state index contributed by atoms with van der Waals surface area (Å²) in [6, 6.07) is 41.5. The number of pyridine rings is 3. The topological polar surface area (TPSA) is 75.6 Å². The fraction of sp³-hybridized carbons (Fsp3) is 0.164. The molecule has 9 rings (SSSR count). The van der Waals surface area contributed by atoms with Crippen LogP contribution in [0.5, 0.6) is 0 Å². The average molecular weight is 980 g/mol. The van der Waals surface area contributed by atoms with E-state index in [1.807, 2.05) is 6.07 Å². The average Bonchev–Trinajstić information content (AvgIpc) is 3.76. The van der Waals surface area contributed by atoms with Crippen molar-refractivity contribution < 1.29 is 41.0 Å². The van der Waals surface area contributed by atoms with E-state index in [4.69, 9.17) is 4.42 Å². The SMILES string of the molecule is [2H]C([2H])(c1ccc(-c2[c-]ccc3c2oc2c(C)c(C#N)ccc23)nc1)C([2H])([2H])c1cc(C([2H])([2H])C([2H])([2H])c2cnc(-c3[c-]cccc3)cc2C)cc(C([2H])([2H])C([2H])([2H])c2cnc(-c3[c-]cccc3)cc2C)c1.[Ir+3]. The first-order valence-electron chi connectivity index (χ1n) is 25.2. The van der Waals surface area contributed by atoms with Crippen LogP contribution in [-0.2, 0) is 58.3 Å². The van der Waals surface area contributed by atoms with Crippen LogP contribution in [0.4, 0.5) is 0 Å². The molecule has 298 valence electrons. The van der Waals surface area contributed by atoms with Crippen molar-refractivity contribution in [3.63, 3.8) is 0 Å². The molecule has 0 radical (unpaired) electrons. The van der Waals surface area contributed by atoms with Crippen molar-refractivity contribution in [1.82, 2.24) is 15.0 Å². The van der Waals surface area contributed by atoms with Crippen molar-refractivity contribution in [1.29, 1.82) is 5.26 Å². The first kappa shape index (κ1) is 28.9. The number of hydrogen-bond donors (Lipinski definition) is 0. The zero-order valence-corrected chi connectivity index (χ0v) is 35.6. The molecule has 61 heavy (non-hydrogen) atoms. The molecule has 0 aliphatic rings. The standard InChI is InChI=1S/C55H43N4O.Ir/c1-36-27-52(43-11-6-4-7-12-43)58-34-46(36)22-19-41-29-40(30-42(31-41)20-23-47-35-59-53(28-37(47)2)44-13-8-5-9-14-44)18-17-39-21-26-51(57-33-39)50-16-10-15-48-49-25-24-45(32-56)38(3)54(49)60-55(48)50;/h4-11,13,15,21,24-31,33-35H,17-20,22-23H2,1-3H3;/q-3;+3/i17D2,18D2,19D2,20D2,22D2,23D2;. The van der Waals surface area contributed by atoms with Gasteiger partial charge in [-0.15, -0.1) is 90.0 Å². The molecule has 0 aliphatic carbocycles. The summed E-state index contributed by atoms with van der Waals surface area (Å²) >= 11 is 0. The Balaban J connectivity index is 0.00000711. The van der Waals surface area contributed by atoms with Crippen LogP contribution in [0.15, 0.2) is 138 Å². The van der Waals surface area contributed by atoms with Crippen LogP contribution in [0.1, 0.15) is 72.1 Å². The molecule has 6 heteroatoms. The summed E-state index contributed by atoms with van der Waals surface area (Å²) in [7, 11) is 0. The molecular weight excluding hydrogens is 925 g/mol. The van der Waals surface area contributed by atoms with E-state index in [-0.39, 0.29) is 36.8 Å². The molecule has 9 aromatic rings. The second-order valence-corrected chi connectivity index (χ2v) is 14.2. The van der Waals surface area contributed by atoms with Gasteiger partial charge in [0.25, 0.3) is 0 Å². The van der Waals surface area contributed by atoms with Gasteiger partial charge in [0.05, 0.1) is 17.2 Å². The summed E-state index contributed by atoms with van der Waals surface area (Å²) in [5.74, 6) is 0. The molecule has 0 saturated carbocycles. The maximum absolute atomic E-state index is 9.62. The summed E-state index contributed by atoms with van der Waals surface area (Å²) < 4.78 is 120. The third kappa shape index (κ3) is 9.01. The molecule has 5 nitrogen and oxygen atoms in total. The van der Waals surface area contributed by atoms with E-state index in [1.54, 1.807) is 99.6 Å². The van der Waals surface area contributed by atoms with Crippen LogP contribution in [0.3, 0.4) is 0 Å². The van der Waals surface area contributed by atoms with Gasteiger partial charge in [0, 0.05) is 46.0 Å². The summed E-state index contributed by atoms with van der Waals surface area (Å²) in [5, 5.41) is 11.1. The Hall–Kier alpha value is -6.51. The van der Waals surface area contributed by atoms with Crippen molar-refractivity contribution in [3.05, 3.63) is 208 Å². The molecule has 5 aromatic carbocycles. The summed E-state index contributed by atoms with van der Waals surface area (Å²) in [6.45, 7) is 4.98. The van der Waals surface area contributed by atoms with Gasteiger partial charge in [0.1, 0.15) is 5.58 Å². The van der Waals surface area contributed by atoms with Crippen molar-refractivity contribution in [2.45, 2.75) is 59.0 Å². The normalized spacial score (nSPS) is 15.4. The van der Waals surface area contributed by atoms with E-state index in [0.29, 0.717) is 67.2 Å². The van der Waals surface area contributed by atoms with E-state index in [1.165, 1.54) is 24.5 Å². The zero-order valence-electron chi connectivity index (χ0n) is 45.2. The molecule has 0 spiro atoms. The molecule has 0 atom stereocenters. The van der Waals surface area contributed by atoms with E-state index >= 15 is 0 Å². The Kier molecular flexibility index (Phi) is 8.71. The maximum atomic E-state index is 9.62. The first-order chi connectivity index (χ1) is 33.9. The van der Waals surface area contributed by atoms with Gasteiger partial charge in [-0.2, -0.15) is 5.26 Å². The third-order valence-electron chi connectivity index (χ3n) is 10.1. The Labute approximate surface area is 388 Å². The number of benzene rings is 5. The Bertz CT molecular complexity index is 3470. The third-order valence-corrected chi connectivity index (χ3v) is 10.1. The fourth-order valence-electron chi connectivity index (χ4n) is 6.91. The van der Waals surface area contributed by atoms with E-state index in [9.17, 15) is 21.7 Å².